The highest BCUT2D eigenvalue weighted by Gasteiger charge is 2.28. The van der Waals surface area contributed by atoms with Crippen molar-refractivity contribution in [2.75, 3.05) is 5.32 Å². The number of aromatic nitrogens is 2. The zero-order valence-corrected chi connectivity index (χ0v) is 19.1. The molecule has 0 bridgehead atoms. The van der Waals surface area contributed by atoms with Crippen molar-refractivity contribution in [3.05, 3.63) is 52.6 Å². The number of amides is 1. The number of fused-ring (bicyclic) bond motifs is 1. The highest BCUT2D eigenvalue weighted by Crippen LogP contribution is 2.32. The van der Waals surface area contributed by atoms with Crippen LogP contribution in [0.15, 0.2) is 24.8 Å². The molecular weight excluding hydrogens is 418 g/mol. The average Bonchev–Trinajstić information content (AvgIpc) is 3.17. The zero-order valence-electron chi connectivity index (χ0n) is 18.3. The monoisotopic (exact) mass is 448 g/mol. The molecule has 1 aliphatic rings. The van der Waals surface area contributed by atoms with E-state index in [0.717, 1.165) is 35.9 Å². The fourth-order valence-corrected chi connectivity index (χ4v) is 4.84. The Hall–Kier alpha value is -2.19. The minimum Gasteiger partial charge on any atom is -0.303 e. The summed E-state index contributed by atoms with van der Waals surface area (Å²) in [6, 6.07) is 1.87. The van der Waals surface area contributed by atoms with Crippen LogP contribution in [0.25, 0.3) is 0 Å². The summed E-state index contributed by atoms with van der Waals surface area (Å²) in [5, 5.41) is 15.9. The molecule has 2 N–H and O–H groups in total. The highest BCUT2D eigenvalue weighted by atomic mass is 32.1. The van der Waals surface area contributed by atoms with Gasteiger partial charge in [-0.2, -0.15) is 0 Å². The Balaban J connectivity index is 1.66. The lowest BCUT2D eigenvalue weighted by atomic mass is 9.87. The smallest absolute Gasteiger partial charge is 0.243 e. The van der Waals surface area contributed by atoms with Crippen molar-refractivity contribution < 1.29 is 13.6 Å². The maximum Gasteiger partial charge on any atom is 0.243 e. The quantitative estimate of drug-likeness (QED) is 0.534. The average molecular weight is 449 g/mol. The number of rotatable bonds is 9. The summed E-state index contributed by atoms with van der Waals surface area (Å²) in [4.78, 5) is 12.9. The lowest BCUT2D eigenvalue weighted by Crippen LogP contribution is -2.47. The van der Waals surface area contributed by atoms with E-state index in [2.05, 4.69) is 41.3 Å². The maximum absolute atomic E-state index is 14.2. The number of hydrogen-bond acceptors (Lipinski definition) is 5. The Labute approximate surface area is 186 Å². The molecule has 0 fully saturated rings. The minimum absolute atomic E-state index is 0.0498. The lowest BCUT2D eigenvalue weighted by Gasteiger charge is -2.29. The fraction of sp³-hybridized carbons (Fsp3) is 0.522. The van der Waals surface area contributed by atoms with Gasteiger partial charge in [0.1, 0.15) is 16.6 Å². The summed E-state index contributed by atoms with van der Waals surface area (Å²) in [5.41, 5.74) is 1.07. The molecule has 2 aromatic rings. The van der Waals surface area contributed by atoms with Gasteiger partial charge < -0.3 is 5.32 Å². The van der Waals surface area contributed by atoms with E-state index < -0.39 is 17.7 Å². The molecule has 31 heavy (non-hydrogen) atoms. The van der Waals surface area contributed by atoms with Crippen LogP contribution >= 0.6 is 11.3 Å². The number of benzene rings is 1. The van der Waals surface area contributed by atoms with Crippen LogP contribution in [0.3, 0.4) is 0 Å². The minimum atomic E-state index is -0.543. The van der Waals surface area contributed by atoms with Crippen molar-refractivity contribution in [2.45, 2.75) is 76.8 Å². The number of nitrogens with one attached hydrogen (secondary N) is 2. The first-order valence-electron chi connectivity index (χ1n) is 10.7. The van der Waals surface area contributed by atoms with Crippen LogP contribution in [-0.4, -0.2) is 28.2 Å². The number of hydrogen-bond donors (Lipinski definition) is 2. The van der Waals surface area contributed by atoms with Crippen LogP contribution in [0, 0.1) is 11.6 Å². The Kier molecular flexibility index (Phi) is 7.54. The number of carbonyl (C=O) groups is 1. The van der Waals surface area contributed by atoms with Crippen molar-refractivity contribution in [1.82, 2.24) is 15.5 Å². The number of allylic oxidation sites excluding steroid dienone is 1. The largest absolute Gasteiger partial charge is 0.303 e. The third kappa shape index (κ3) is 5.74. The number of aryl methyl sites for hydroxylation is 1. The molecule has 1 heterocycles. The van der Waals surface area contributed by atoms with Gasteiger partial charge in [-0.3, -0.25) is 10.1 Å². The molecule has 2 atom stereocenters. The van der Waals surface area contributed by atoms with Gasteiger partial charge in [0.2, 0.25) is 11.0 Å². The summed E-state index contributed by atoms with van der Waals surface area (Å²) >= 11 is 1.37. The van der Waals surface area contributed by atoms with E-state index in [-0.39, 0.29) is 17.4 Å². The van der Waals surface area contributed by atoms with Gasteiger partial charge in [-0.15, -0.1) is 16.8 Å². The number of carbonyl (C=O) groups excluding carboxylic acids is 1. The molecule has 0 spiro atoms. The standard InChI is InChI=1S/C23H30F2N4OS/c1-5-7-19(20(30)27-22-29-28-21(31-22)23(3,4)10-6-2)26-16-9-8-14-11-15(24)12-18(25)17(14)13-16/h6,11-12,16,19,26H,2,5,7-10,13H2,1,3-4H3,(H,27,29,30)/t16?,19-/m0/s1. The Morgan fingerprint density at radius 3 is 2.87 bits per heavy atom. The molecule has 0 radical (unpaired) electrons. The van der Waals surface area contributed by atoms with E-state index in [1.165, 1.54) is 17.4 Å². The molecule has 168 valence electrons. The summed E-state index contributed by atoms with van der Waals surface area (Å²) < 4.78 is 27.7. The Morgan fingerprint density at radius 1 is 1.39 bits per heavy atom. The van der Waals surface area contributed by atoms with Gasteiger partial charge in [0, 0.05) is 17.5 Å². The molecule has 3 rings (SSSR count). The lowest BCUT2D eigenvalue weighted by molar-refractivity contribution is -0.118. The normalized spacial score (nSPS) is 17.1. The van der Waals surface area contributed by atoms with E-state index in [9.17, 15) is 13.6 Å². The third-order valence-electron chi connectivity index (χ3n) is 5.68. The van der Waals surface area contributed by atoms with Gasteiger partial charge in [0.15, 0.2) is 0 Å². The van der Waals surface area contributed by atoms with Gasteiger partial charge in [-0.25, -0.2) is 8.78 Å². The van der Waals surface area contributed by atoms with E-state index in [1.54, 1.807) is 0 Å². The maximum atomic E-state index is 14.2. The molecule has 1 amide bonds. The van der Waals surface area contributed by atoms with Crippen LogP contribution < -0.4 is 10.6 Å². The second kappa shape index (κ2) is 9.96. The molecule has 5 nitrogen and oxygen atoms in total. The van der Waals surface area contributed by atoms with Crippen LogP contribution in [0.4, 0.5) is 13.9 Å². The van der Waals surface area contributed by atoms with Gasteiger partial charge in [0.25, 0.3) is 0 Å². The highest BCUT2D eigenvalue weighted by molar-refractivity contribution is 7.15. The molecule has 0 saturated carbocycles. The molecule has 1 aromatic heterocycles. The van der Waals surface area contributed by atoms with E-state index in [1.807, 2.05) is 13.0 Å². The predicted molar refractivity (Wildman–Crippen MR) is 120 cm³/mol. The van der Waals surface area contributed by atoms with Crippen LogP contribution in [0.1, 0.15) is 62.6 Å². The van der Waals surface area contributed by atoms with Gasteiger partial charge >= 0.3 is 0 Å². The Morgan fingerprint density at radius 2 is 2.16 bits per heavy atom. The molecule has 1 aliphatic carbocycles. The third-order valence-corrected chi connectivity index (χ3v) is 6.89. The van der Waals surface area contributed by atoms with Crippen LogP contribution in [-0.2, 0) is 23.1 Å². The van der Waals surface area contributed by atoms with Crippen molar-refractivity contribution in [3.63, 3.8) is 0 Å². The number of halogens is 2. The van der Waals surface area contributed by atoms with Crippen molar-refractivity contribution >= 4 is 22.4 Å². The fourth-order valence-electron chi connectivity index (χ4n) is 3.98. The van der Waals surface area contributed by atoms with E-state index in [4.69, 9.17) is 0 Å². The molecule has 1 unspecified atom stereocenters. The summed E-state index contributed by atoms with van der Waals surface area (Å²) in [6.45, 7) is 9.93. The van der Waals surface area contributed by atoms with Crippen molar-refractivity contribution in [2.24, 2.45) is 0 Å². The van der Waals surface area contributed by atoms with Crippen LogP contribution in [0.2, 0.25) is 0 Å². The molecular formula is C23H30F2N4OS. The van der Waals surface area contributed by atoms with Crippen molar-refractivity contribution in [3.8, 4) is 0 Å². The predicted octanol–water partition coefficient (Wildman–Crippen LogP) is 4.92. The summed E-state index contributed by atoms with van der Waals surface area (Å²) in [7, 11) is 0. The second-order valence-electron chi connectivity index (χ2n) is 8.75. The van der Waals surface area contributed by atoms with Gasteiger partial charge in [-0.05, 0) is 49.3 Å². The van der Waals surface area contributed by atoms with Crippen molar-refractivity contribution in [1.29, 1.82) is 0 Å². The number of anilines is 1. The topological polar surface area (TPSA) is 66.9 Å². The summed E-state index contributed by atoms with van der Waals surface area (Å²) in [5.74, 6) is -1.23. The van der Waals surface area contributed by atoms with E-state index >= 15 is 0 Å². The first-order chi connectivity index (χ1) is 14.7. The second-order valence-corrected chi connectivity index (χ2v) is 9.73. The molecule has 0 saturated heterocycles. The first-order valence-corrected chi connectivity index (χ1v) is 11.5. The SMILES string of the molecule is C=CCC(C)(C)c1nnc(NC(=O)[C@H](CCC)NC2CCc3cc(F)cc(F)c3C2)s1. The molecule has 1 aromatic carbocycles. The summed E-state index contributed by atoms with van der Waals surface area (Å²) in [6.07, 6.45) is 5.83. The molecule has 0 aliphatic heterocycles. The Bertz CT molecular complexity index is 944. The van der Waals surface area contributed by atoms with Gasteiger partial charge in [-0.1, -0.05) is 44.6 Å². The van der Waals surface area contributed by atoms with E-state index in [0.29, 0.717) is 30.0 Å². The zero-order chi connectivity index (χ0) is 22.6. The van der Waals surface area contributed by atoms with Gasteiger partial charge in [0.05, 0.1) is 6.04 Å². The first kappa shape index (κ1) is 23.5. The van der Waals surface area contributed by atoms with Crippen LogP contribution in [0.5, 0.6) is 0 Å². The molecule has 8 heteroatoms. The number of nitrogens with zero attached hydrogens (tertiary/aromatic N) is 2.